The van der Waals surface area contributed by atoms with Gasteiger partial charge in [-0.1, -0.05) is 0 Å². The molecule has 1 saturated heterocycles. The molecule has 1 aliphatic rings. The fraction of sp³-hybridized carbons (Fsp3) is 0.727. The first-order valence-electron chi connectivity index (χ1n) is 5.41. The van der Waals surface area contributed by atoms with Crippen LogP contribution in [0.25, 0.3) is 0 Å². The van der Waals surface area contributed by atoms with Crippen LogP contribution in [0.3, 0.4) is 0 Å². The van der Waals surface area contributed by atoms with Crippen LogP contribution in [-0.4, -0.2) is 29.0 Å². The van der Waals surface area contributed by atoms with Crippen LogP contribution in [0.15, 0.2) is 11.6 Å². The van der Waals surface area contributed by atoms with Crippen LogP contribution in [0, 0.1) is 0 Å². The van der Waals surface area contributed by atoms with Gasteiger partial charge in [-0.2, -0.15) is 0 Å². The highest BCUT2D eigenvalue weighted by molar-refractivity contribution is 7.09. The number of hydrogen-bond acceptors (Lipinski definition) is 3. The van der Waals surface area contributed by atoms with Crippen molar-refractivity contribution in [2.24, 2.45) is 0 Å². The maximum atomic E-state index is 4.43. The highest BCUT2D eigenvalue weighted by atomic mass is 32.1. The molecular formula is C11H18N2S. The lowest BCUT2D eigenvalue weighted by Gasteiger charge is -2.34. The number of hydrogen-bond donors (Lipinski definition) is 0. The third-order valence-electron chi connectivity index (χ3n) is 2.98. The predicted molar refractivity (Wildman–Crippen MR) is 60.8 cm³/mol. The molecular weight excluding hydrogens is 192 g/mol. The lowest BCUT2D eigenvalue weighted by Crippen LogP contribution is -2.39. The Labute approximate surface area is 90.0 Å². The molecule has 0 radical (unpaired) electrons. The van der Waals surface area contributed by atoms with Crippen LogP contribution >= 0.6 is 11.3 Å². The van der Waals surface area contributed by atoms with Gasteiger partial charge in [-0.3, -0.25) is 0 Å². The van der Waals surface area contributed by atoms with Crippen molar-refractivity contribution < 1.29 is 0 Å². The van der Waals surface area contributed by atoms with Crippen molar-refractivity contribution >= 4 is 11.3 Å². The number of rotatable bonds is 2. The van der Waals surface area contributed by atoms with E-state index in [1.54, 1.807) is 11.3 Å². The van der Waals surface area contributed by atoms with Crippen LogP contribution < -0.4 is 0 Å². The summed E-state index contributed by atoms with van der Waals surface area (Å²) >= 11 is 1.81. The molecule has 1 aliphatic heterocycles. The molecule has 1 fully saturated rings. The molecule has 1 aromatic rings. The first-order valence-corrected chi connectivity index (χ1v) is 6.29. The van der Waals surface area contributed by atoms with E-state index in [0.717, 1.165) is 0 Å². The van der Waals surface area contributed by atoms with E-state index in [-0.39, 0.29) is 0 Å². The first-order chi connectivity index (χ1) is 6.77. The SMILES string of the molecule is CC(C)N1CCCC(c2nccs2)C1. The van der Waals surface area contributed by atoms with E-state index in [9.17, 15) is 0 Å². The molecule has 0 N–H and O–H groups in total. The molecule has 0 bridgehead atoms. The highest BCUT2D eigenvalue weighted by Crippen LogP contribution is 2.28. The van der Waals surface area contributed by atoms with Gasteiger partial charge >= 0.3 is 0 Å². The summed E-state index contributed by atoms with van der Waals surface area (Å²) in [6, 6.07) is 0.678. The largest absolute Gasteiger partial charge is 0.300 e. The molecule has 78 valence electrons. The van der Waals surface area contributed by atoms with E-state index in [1.807, 2.05) is 6.20 Å². The minimum absolute atomic E-state index is 0.678. The van der Waals surface area contributed by atoms with Crippen molar-refractivity contribution in [3.05, 3.63) is 16.6 Å². The Balaban J connectivity index is 2.01. The predicted octanol–water partition coefficient (Wildman–Crippen LogP) is 2.73. The molecule has 0 saturated carbocycles. The maximum Gasteiger partial charge on any atom is 0.0968 e. The number of likely N-dealkylation sites (tertiary alicyclic amines) is 1. The minimum atomic E-state index is 0.678. The molecule has 2 heterocycles. The van der Waals surface area contributed by atoms with Gasteiger partial charge in [0.15, 0.2) is 0 Å². The normalized spacial score (nSPS) is 24.4. The van der Waals surface area contributed by atoms with Crippen molar-refractivity contribution in [3.8, 4) is 0 Å². The molecule has 3 heteroatoms. The summed E-state index contributed by atoms with van der Waals surface area (Å²) in [5.74, 6) is 0.686. The van der Waals surface area contributed by atoms with Gasteiger partial charge in [-0.05, 0) is 33.2 Å². The van der Waals surface area contributed by atoms with Gasteiger partial charge < -0.3 is 4.90 Å². The van der Waals surface area contributed by atoms with Crippen LogP contribution in [-0.2, 0) is 0 Å². The van der Waals surface area contributed by atoms with E-state index in [1.165, 1.54) is 30.9 Å². The molecule has 2 rings (SSSR count). The fourth-order valence-corrected chi connectivity index (χ4v) is 2.88. The van der Waals surface area contributed by atoms with Crippen LogP contribution in [0.1, 0.15) is 37.6 Å². The van der Waals surface area contributed by atoms with Crippen molar-refractivity contribution in [2.45, 2.75) is 38.6 Å². The Morgan fingerprint density at radius 3 is 3.07 bits per heavy atom. The molecule has 2 nitrogen and oxygen atoms in total. The summed E-state index contributed by atoms with van der Waals surface area (Å²) < 4.78 is 0. The first kappa shape index (κ1) is 10.1. The average Bonchev–Trinajstić information content (AvgIpc) is 2.71. The third-order valence-corrected chi connectivity index (χ3v) is 3.92. The average molecular weight is 210 g/mol. The summed E-state index contributed by atoms with van der Waals surface area (Å²) in [7, 11) is 0. The summed E-state index contributed by atoms with van der Waals surface area (Å²) in [6.07, 6.45) is 4.56. The lowest BCUT2D eigenvalue weighted by molar-refractivity contribution is 0.167. The topological polar surface area (TPSA) is 16.1 Å². The summed E-state index contributed by atoms with van der Waals surface area (Å²) in [5, 5.41) is 3.42. The van der Waals surface area contributed by atoms with Crippen molar-refractivity contribution in [1.82, 2.24) is 9.88 Å². The summed E-state index contributed by atoms with van der Waals surface area (Å²) in [4.78, 5) is 6.99. The summed E-state index contributed by atoms with van der Waals surface area (Å²) in [5.41, 5.74) is 0. The minimum Gasteiger partial charge on any atom is -0.300 e. The van der Waals surface area contributed by atoms with E-state index >= 15 is 0 Å². The molecule has 0 aromatic carbocycles. The Kier molecular flexibility index (Phi) is 3.19. The molecule has 0 spiro atoms. The smallest absolute Gasteiger partial charge is 0.0968 e. The number of piperidine rings is 1. The zero-order chi connectivity index (χ0) is 9.97. The Hall–Kier alpha value is -0.410. The zero-order valence-electron chi connectivity index (χ0n) is 8.94. The van der Waals surface area contributed by atoms with Gasteiger partial charge in [-0.15, -0.1) is 11.3 Å². The molecule has 1 unspecified atom stereocenters. The van der Waals surface area contributed by atoms with Gasteiger partial charge in [0.25, 0.3) is 0 Å². The van der Waals surface area contributed by atoms with Gasteiger partial charge in [0.05, 0.1) is 5.01 Å². The van der Waals surface area contributed by atoms with Gasteiger partial charge in [0.1, 0.15) is 0 Å². The monoisotopic (exact) mass is 210 g/mol. The van der Waals surface area contributed by atoms with Gasteiger partial charge in [0.2, 0.25) is 0 Å². The van der Waals surface area contributed by atoms with E-state index in [2.05, 4.69) is 29.1 Å². The second kappa shape index (κ2) is 4.41. The van der Waals surface area contributed by atoms with E-state index in [4.69, 9.17) is 0 Å². The van der Waals surface area contributed by atoms with Gasteiger partial charge in [0, 0.05) is 30.1 Å². The van der Waals surface area contributed by atoms with Crippen LogP contribution in [0.4, 0.5) is 0 Å². The number of thiazole rings is 1. The maximum absolute atomic E-state index is 4.43. The number of aromatic nitrogens is 1. The van der Waals surface area contributed by atoms with Crippen molar-refractivity contribution in [3.63, 3.8) is 0 Å². The number of nitrogens with zero attached hydrogens (tertiary/aromatic N) is 2. The van der Waals surface area contributed by atoms with Gasteiger partial charge in [-0.25, -0.2) is 4.98 Å². The lowest BCUT2D eigenvalue weighted by atomic mass is 9.98. The van der Waals surface area contributed by atoms with Crippen molar-refractivity contribution in [1.29, 1.82) is 0 Å². The van der Waals surface area contributed by atoms with E-state index < -0.39 is 0 Å². The molecule has 1 aromatic heterocycles. The molecule has 0 aliphatic carbocycles. The summed E-state index contributed by atoms with van der Waals surface area (Å²) in [6.45, 7) is 7.03. The Morgan fingerprint density at radius 2 is 2.43 bits per heavy atom. The Bertz CT molecular complexity index is 269. The third kappa shape index (κ3) is 2.15. The van der Waals surface area contributed by atoms with E-state index in [0.29, 0.717) is 12.0 Å². The second-order valence-corrected chi connectivity index (χ2v) is 5.22. The van der Waals surface area contributed by atoms with Crippen LogP contribution in [0.5, 0.6) is 0 Å². The standard InChI is InChI=1S/C11H18N2S/c1-9(2)13-6-3-4-10(8-13)11-12-5-7-14-11/h5,7,9-10H,3-4,6,8H2,1-2H3. The zero-order valence-corrected chi connectivity index (χ0v) is 9.76. The highest BCUT2D eigenvalue weighted by Gasteiger charge is 2.24. The molecule has 1 atom stereocenters. The Morgan fingerprint density at radius 1 is 1.57 bits per heavy atom. The van der Waals surface area contributed by atoms with Crippen LogP contribution in [0.2, 0.25) is 0 Å². The molecule has 0 amide bonds. The quantitative estimate of drug-likeness (QED) is 0.746. The second-order valence-electron chi connectivity index (χ2n) is 4.30. The van der Waals surface area contributed by atoms with Crippen molar-refractivity contribution in [2.75, 3.05) is 13.1 Å². The fourth-order valence-electron chi connectivity index (χ4n) is 2.11. The molecule has 14 heavy (non-hydrogen) atoms.